The topological polar surface area (TPSA) is 102 Å². The maximum Gasteiger partial charge on any atom is 0.573 e. The minimum absolute atomic E-state index is 0.0369. The van der Waals surface area contributed by atoms with Crippen LogP contribution in [0.1, 0.15) is 53.9 Å². The van der Waals surface area contributed by atoms with Crippen molar-refractivity contribution in [1.82, 2.24) is 0 Å². The van der Waals surface area contributed by atoms with Crippen molar-refractivity contribution in [3.05, 3.63) is 59.7 Å². The third-order valence-electron chi connectivity index (χ3n) is 6.76. The van der Waals surface area contributed by atoms with Gasteiger partial charge in [-0.3, -0.25) is 9.59 Å². The van der Waals surface area contributed by atoms with E-state index in [2.05, 4.69) is 10.1 Å². The number of Topliss-reactive ketones (excluding diaryl/α,β-unsaturated/α-hetero) is 1. The molecule has 6 nitrogen and oxygen atoms in total. The number of carboxylic acids is 1. The average molecular weight is 462 g/mol. The number of anilines is 1. The van der Waals surface area contributed by atoms with Crippen LogP contribution in [-0.4, -0.2) is 34.8 Å². The van der Waals surface area contributed by atoms with Crippen molar-refractivity contribution in [2.75, 3.05) is 5.32 Å². The standard InChI is InChI=1S/C24H25F3N2O4/c25-24(26,27)33-15-10-8-14(9-11-15)20(30)12-13-23(28,22(31)32)21-16-4-1-2-6-18(16)29-19-7-3-5-17(19)21/h1-2,4,6,8-11,17,19,21,29H,3,5,7,12-13,28H2,(H,31,32)/t17-,19+,21?,23?/m0/s1. The van der Waals surface area contributed by atoms with Gasteiger partial charge in [-0.25, -0.2) is 0 Å². The number of aliphatic carboxylic acids is 1. The molecule has 9 heteroatoms. The lowest BCUT2D eigenvalue weighted by atomic mass is 9.66. The minimum Gasteiger partial charge on any atom is -0.480 e. The summed E-state index contributed by atoms with van der Waals surface area (Å²) >= 11 is 0. The Morgan fingerprint density at radius 2 is 1.79 bits per heavy atom. The Morgan fingerprint density at radius 1 is 1.09 bits per heavy atom. The van der Waals surface area contributed by atoms with E-state index in [4.69, 9.17) is 5.73 Å². The third-order valence-corrected chi connectivity index (χ3v) is 6.76. The fraction of sp³-hybridized carbons (Fsp3) is 0.417. The smallest absolute Gasteiger partial charge is 0.480 e. The average Bonchev–Trinajstić information content (AvgIpc) is 3.22. The van der Waals surface area contributed by atoms with Gasteiger partial charge in [0.2, 0.25) is 0 Å². The maximum absolute atomic E-state index is 12.7. The summed E-state index contributed by atoms with van der Waals surface area (Å²) in [6, 6.07) is 12.2. The molecular weight excluding hydrogens is 437 g/mol. The number of benzene rings is 2. The van der Waals surface area contributed by atoms with Gasteiger partial charge in [-0.05, 0) is 61.1 Å². The van der Waals surface area contributed by atoms with E-state index >= 15 is 0 Å². The summed E-state index contributed by atoms with van der Waals surface area (Å²) in [5, 5.41) is 13.7. The largest absolute Gasteiger partial charge is 0.573 e. The van der Waals surface area contributed by atoms with E-state index in [-0.39, 0.29) is 30.4 Å². The number of ether oxygens (including phenoxy) is 1. The molecule has 1 fully saturated rings. The highest BCUT2D eigenvalue weighted by molar-refractivity contribution is 5.96. The molecule has 2 aromatic carbocycles. The molecule has 2 aliphatic rings. The van der Waals surface area contributed by atoms with Crippen LogP contribution in [0.2, 0.25) is 0 Å². The molecule has 1 heterocycles. The number of halogens is 3. The molecule has 1 aliphatic heterocycles. The van der Waals surface area contributed by atoms with Crippen LogP contribution < -0.4 is 15.8 Å². The number of rotatable bonds is 7. The number of carboxylic acid groups (broad SMARTS) is 1. The van der Waals surface area contributed by atoms with Crippen molar-refractivity contribution < 1.29 is 32.6 Å². The summed E-state index contributed by atoms with van der Waals surface area (Å²) in [6.45, 7) is 0. The highest BCUT2D eigenvalue weighted by Crippen LogP contribution is 2.50. The molecule has 0 spiro atoms. The number of nitrogens with two attached hydrogens (primary N) is 1. The molecule has 0 aromatic heterocycles. The van der Waals surface area contributed by atoms with Crippen molar-refractivity contribution in [3.63, 3.8) is 0 Å². The molecule has 4 rings (SSSR count). The summed E-state index contributed by atoms with van der Waals surface area (Å²) in [5.41, 5.74) is 6.79. The number of hydrogen-bond donors (Lipinski definition) is 3. The van der Waals surface area contributed by atoms with Gasteiger partial charge in [-0.1, -0.05) is 24.6 Å². The Kier molecular flexibility index (Phi) is 6.09. The van der Waals surface area contributed by atoms with E-state index in [9.17, 15) is 27.9 Å². The molecule has 0 radical (unpaired) electrons. The zero-order valence-corrected chi connectivity index (χ0v) is 17.8. The van der Waals surface area contributed by atoms with Gasteiger partial charge in [0.1, 0.15) is 11.3 Å². The van der Waals surface area contributed by atoms with E-state index in [1.165, 1.54) is 12.1 Å². The summed E-state index contributed by atoms with van der Waals surface area (Å²) in [6.07, 6.45) is -2.33. The number of ketones is 1. The lowest BCUT2D eigenvalue weighted by molar-refractivity contribution is -0.274. The van der Waals surface area contributed by atoms with Gasteiger partial charge in [-0.15, -0.1) is 13.2 Å². The van der Waals surface area contributed by atoms with E-state index in [1.54, 1.807) is 0 Å². The monoisotopic (exact) mass is 462 g/mol. The van der Waals surface area contributed by atoms with Crippen LogP contribution in [0.25, 0.3) is 0 Å². The number of nitrogens with one attached hydrogen (secondary N) is 1. The molecule has 2 aromatic rings. The Hall–Kier alpha value is -3.07. The van der Waals surface area contributed by atoms with Gasteiger partial charge in [0, 0.05) is 29.6 Å². The lowest BCUT2D eigenvalue weighted by Crippen LogP contribution is -2.57. The molecule has 4 atom stereocenters. The summed E-state index contributed by atoms with van der Waals surface area (Å²) in [7, 11) is 0. The first kappa shape index (κ1) is 23.1. The second kappa shape index (κ2) is 8.70. The molecule has 0 bridgehead atoms. The summed E-state index contributed by atoms with van der Waals surface area (Å²) < 4.78 is 40.8. The molecule has 2 unspecified atom stereocenters. The Morgan fingerprint density at radius 3 is 2.45 bits per heavy atom. The summed E-state index contributed by atoms with van der Waals surface area (Å²) in [4.78, 5) is 25.2. The normalized spacial score (nSPS) is 23.6. The highest BCUT2D eigenvalue weighted by Gasteiger charge is 2.52. The van der Waals surface area contributed by atoms with E-state index in [0.717, 1.165) is 42.6 Å². The molecule has 1 aliphatic carbocycles. The molecule has 4 N–H and O–H groups in total. The fourth-order valence-electron chi connectivity index (χ4n) is 5.26. The van der Waals surface area contributed by atoms with Crippen LogP contribution >= 0.6 is 0 Å². The van der Waals surface area contributed by atoms with Gasteiger partial charge < -0.3 is 20.9 Å². The van der Waals surface area contributed by atoms with Crippen molar-refractivity contribution in [3.8, 4) is 5.75 Å². The van der Waals surface area contributed by atoms with Gasteiger partial charge >= 0.3 is 12.3 Å². The van der Waals surface area contributed by atoms with Crippen LogP contribution in [-0.2, 0) is 4.79 Å². The van der Waals surface area contributed by atoms with Gasteiger partial charge in [0.25, 0.3) is 0 Å². The number of para-hydroxylation sites is 1. The van der Waals surface area contributed by atoms with Crippen molar-refractivity contribution >= 4 is 17.4 Å². The SMILES string of the molecule is NC(CCC(=O)c1ccc(OC(F)(F)F)cc1)(C(=O)O)C1c2ccccc2N[C@@H]2CCC[C@H]12. The Balaban J connectivity index is 1.55. The number of hydrogen-bond acceptors (Lipinski definition) is 5. The predicted octanol–water partition coefficient (Wildman–Crippen LogP) is 4.71. The summed E-state index contributed by atoms with van der Waals surface area (Å²) in [5.74, 6) is -2.42. The predicted molar refractivity (Wildman–Crippen MR) is 115 cm³/mol. The maximum atomic E-state index is 12.7. The first-order chi connectivity index (χ1) is 15.6. The molecule has 1 saturated carbocycles. The van der Waals surface area contributed by atoms with Crippen LogP contribution in [0.5, 0.6) is 5.75 Å². The first-order valence-electron chi connectivity index (χ1n) is 10.9. The highest BCUT2D eigenvalue weighted by atomic mass is 19.4. The van der Waals surface area contributed by atoms with Gasteiger partial charge in [0.15, 0.2) is 5.78 Å². The molecular formula is C24H25F3N2O4. The van der Waals surface area contributed by atoms with E-state index < -0.39 is 35.3 Å². The molecule has 0 saturated heterocycles. The molecule has 0 amide bonds. The van der Waals surface area contributed by atoms with Crippen molar-refractivity contribution in [2.24, 2.45) is 11.7 Å². The fourth-order valence-corrected chi connectivity index (χ4v) is 5.26. The van der Waals surface area contributed by atoms with Crippen LogP contribution in [0.4, 0.5) is 18.9 Å². The zero-order chi connectivity index (χ0) is 23.8. The van der Waals surface area contributed by atoms with Crippen molar-refractivity contribution in [1.29, 1.82) is 0 Å². The van der Waals surface area contributed by atoms with Crippen LogP contribution in [0.3, 0.4) is 0 Å². The van der Waals surface area contributed by atoms with Crippen LogP contribution in [0.15, 0.2) is 48.5 Å². The second-order valence-corrected chi connectivity index (χ2v) is 8.75. The number of fused-ring (bicyclic) bond motifs is 2. The van der Waals surface area contributed by atoms with E-state index in [0.29, 0.717) is 0 Å². The lowest BCUT2D eigenvalue weighted by Gasteiger charge is -2.44. The van der Waals surface area contributed by atoms with Crippen molar-refractivity contribution in [2.45, 2.75) is 56.0 Å². The van der Waals surface area contributed by atoms with Gasteiger partial charge in [0.05, 0.1) is 0 Å². The first-order valence-corrected chi connectivity index (χ1v) is 10.9. The number of carbonyl (C=O) groups excluding carboxylic acids is 1. The third kappa shape index (κ3) is 4.68. The van der Waals surface area contributed by atoms with Crippen LogP contribution in [0, 0.1) is 5.92 Å². The minimum atomic E-state index is -4.82. The van der Waals surface area contributed by atoms with Gasteiger partial charge in [-0.2, -0.15) is 0 Å². The van der Waals surface area contributed by atoms with E-state index in [1.807, 2.05) is 24.3 Å². The Bertz CT molecular complexity index is 1040. The Labute approximate surface area is 188 Å². The molecule has 176 valence electrons. The number of carbonyl (C=O) groups is 2. The second-order valence-electron chi connectivity index (χ2n) is 8.75. The number of alkyl halides is 3. The zero-order valence-electron chi connectivity index (χ0n) is 17.8. The molecule has 33 heavy (non-hydrogen) atoms. The quantitative estimate of drug-likeness (QED) is 0.515.